The average molecular weight is 270 g/mol. The van der Waals surface area contributed by atoms with Crippen LogP contribution in [0, 0.1) is 0 Å². The van der Waals surface area contributed by atoms with Crippen molar-refractivity contribution in [2.45, 2.75) is 5.75 Å². The highest BCUT2D eigenvalue weighted by Crippen LogP contribution is 2.25. The first-order valence-corrected chi connectivity index (χ1v) is 7.16. The maximum Gasteiger partial charge on any atom is 0.152 e. The third-order valence-electron chi connectivity index (χ3n) is 2.17. The van der Waals surface area contributed by atoms with E-state index in [1.54, 1.807) is 30.2 Å². The molecule has 17 heavy (non-hydrogen) atoms. The van der Waals surface area contributed by atoms with Crippen molar-refractivity contribution < 1.29 is 4.74 Å². The number of anilines is 1. The zero-order valence-electron chi connectivity index (χ0n) is 9.47. The number of rotatable bonds is 6. The summed E-state index contributed by atoms with van der Waals surface area (Å²) in [6.45, 7) is 0.744. The lowest BCUT2D eigenvalue weighted by Gasteiger charge is -2.05. The molecule has 7 heteroatoms. The summed E-state index contributed by atoms with van der Waals surface area (Å²) >= 11 is 3.34. The fraction of sp³-hybridized carbons (Fsp3) is 0.400. The van der Waals surface area contributed by atoms with E-state index in [1.807, 2.05) is 11.4 Å². The predicted octanol–water partition coefficient (Wildman–Crippen LogP) is 1.86. The monoisotopic (exact) mass is 270 g/mol. The van der Waals surface area contributed by atoms with Crippen molar-refractivity contribution in [3.05, 3.63) is 17.3 Å². The lowest BCUT2D eigenvalue weighted by Crippen LogP contribution is -2.10. The topological polar surface area (TPSA) is 73.1 Å². The number of hydrazine groups is 1. The molecule has 2 aromatic heterocycles. The van der Waals surface area contributed by atoms with Crippen molar-refractivity contribution in [1.82, 2.24) is 9.97 Å². The molecule has 0 amide bonds. The molecule has 92 valence electrons. The first kappa shape index (κ1) is 12.6. The Balaban J connectivity index is 2.11. The molecule has 0 aliphatic rings. The summed E-state index contributed by atoms with van der Waals surface area (Å²) in [5.41, 5.74) is 2.62. The van der Waals surface area contributed by atoms with E-state index in [2.05, 4.69) is 15.4 Å². The second-order valence-electron chi connectivity index (χ2n) is 3.32. The van der Waals surface area contributed by atoms with Gasteiger partial charge in [-0.05, 0) is 11.4 Å². The molecule has 5 nitrogen and oxygen atoms in total. The Morgan fingerprint density at radius 3 is 3.18 bits per heavy atom. The van der Waals surface area contributed by atoms with Gasteiger partial charge < -0.3 is 10.2 Å². The maximum atomic E-state index is 5.46. The van der Waals surface area contributed by atoms with E-state index < -0.39 is 0 Å². The lowest BCUT2D eigenvalue weighted by atomic mass is 10.4. The number of fused-ring (bicyclic) bond motifs is 1. The van der Waals surface area contributed by atoms with Gasteiger partial charge in [0.15, 0.2) is 5.82 Å². The fourth-order valence-electron chi connectivity index (χ4n) is 1.38. The summed E-state index contributed by atoms with van der Waals surface area (Å²) < 4.78 is 4.99. The van der Waals surface area contributed by atoms with Crippen LogP contribution in [0.15, 0.2) is 11.4 Å². The van der Waals surface area contributed by atoms with E-state index in [4.69, 9.17) is 10.6 Å². The molecule has 0 aromatic carbocycles. The minimum absolute atomic E-state index is 0.693. The Morgan fingerprint density at radius 1 is 1.53 bits per heavy atom. The average Bonchev–Trinajstić information content (AvgIpc) is 2.81. The number of nitrogens with zero attached hydrogens (tertiary/aromatic N) is 2. The van der Waals surface area contributed by atoms with E-state index in [0.717, 1.165) is 34.2 Å². The normalized spacial score (nSPS) is 10.9. The molecule has 2 heterocycles. The minimum Gasteiger partial charge on any atom is -0.384 e. The highest BCUT2D eigenvalue weighted by atomic mass is 32.2. The van der Waals surface area contributed by atoms with Gasteiger partial charge in [-0.25, -0.2) is 15.8 Å². The largest absolute Gasteiger partial charge is 0.384 e. The standard InChI is InChI=1S/C10H14N4OS2/c1-15-3-5-16-6-8-12-9(14-11)7-2-4-17-10(7)13-8/h2,4H,3,5-6,11H2,1H3,(H,12,13,14). The molecule has 0 saturated carbocycles. The molecule has 2 aromatic rings. The molecule has 0 atom stereocenters. The van der Waals surface area contributed by atoms with Crippen LogP contribution < -0.4 is 11.3 Å². The quantitative estimate of drug-likeness (QED) is 0.474. The number of aromatic nitrogens is 2. The van der Waals surface area contributed by atoms with Gasteiger partial charge in [0.25, 0.3) is 0 Å². The number of nitrogen functional groups attached to an aromatic ring is 1. The number of nitrogens with one attached hydrogen (secondary N) is 1. The van der Waals surface area contributed by atoms with Crippen LogP contribution in [0.25, 0.3) is 10.2 Å². The number of ether oxygens (including phenoxy) is 1. The van der Waals surface area contributed by atoms with Crippen LogP contribution in [-0.4, -0.2) is 29.4 Å². The zero-order chi connectivity index (χ0) is 12.1. The van der Waals surface area contributed by atoms with Gasteiger partial charge in [0, 0.05) is 12.9 Å². The SMILES string of the molecule is COCCSCc1nc(NN)c2ccsc2n1. The van der Waals surface area contributed by atoms with E-state index in [9.17, 15) is 0 Å². The van der Waals surface area contributed by atoms with Gasteiger partial charge in [-0.3, -0.25) is 0 Å². The Hall–Kier alpha value is -0.890. The number of methoxy groups -OCH3 is 1. The lowest BCUT2D eigenvalue weighted by molar-refractivity contribution is 0.218. The van der Waals surface area contributed by atoms with Crippen molar-refractivity contribution in [2.75, 3.05) is 24.9 Å². The highest BCUT2D eigenvalue weighted by molar-refractivity contribution is 7.98. The molecule has 0 unspecified atom stereocenters. The van der Waals surface area contributed by atoms with Gasteiger partial charge in [0.2, 0.25) is 0 Å². The molecule has 0 aliphatic heterocycles. The second kappa shape index (κ2) is 6.15. The Kier molecular flexibility index (Phi) is 4.55. The number of nitrogens with two attached hydrogens (primary N) is 1. The van der Waals surface area contributed by atoms with Gasteiger partial charge in [-0.2, -0.15) is 11.8 Å². The van der Waals surface area contributed by atoms with Crippen molar-refractivity contribution in [2.24, 2.45) is 5.84 Å². The molecule has 0 fully saturated rings. The Morgan fingerprint density at radius 2 is 2.41 bits per heavy atom. The molecule has 0 aliphatic carbocycles. The number of thiophene rings is 1. The minimum atomic E-state index is 0.693. The number of hydrogen-bond donors (Lipinski definition) is 2. The van der Waals surface area contributed by atoms with Gasteiger partial charge in [0.1, 0.15) is 10.7 Å². The van der Waals surface area contributed by atoms with E-state index >= 15 is 0 Å². The van der Waals surface area contributed by atoms with Crippen LogP contribution in [0.5, 0.6) is 0 Å². The third-order valence-corrected chi connectivity index (χ3v) is 3.90. The van der Waals surface area contributed by atoms with Gasteiger partial charge >= 0.3 is 0 Å². The van der Waals surface area contributed by atoms with E-state index in [0.29, 0.717) is 5.82 Å². The number of thioether (sulfide) groups is 1. The fourth-order valence-corrected chi connectivity index (χ4v) is 2.90. The summed E-state index contributed by atoms with van der Waals surface area (Å²) in [5.74, 6) is 8.66. The van der Waals surface area contributed by atoms with Crippen molar-refractivity contribution in [3.63, 3.8) is 0 Å². The molecule has 0 bridgehead atoms. The van der Waals surface area contributed by atoms with Crippen LogP contribution in [0.4, 0.5) is 5.82 Å². The molecule has 0 spiro atoms. The second-order valence-corrected chi connectivity index (χ2v) is 5.32. The van der Waals surface area contributed by atoms with Gasteiger partial charge in [-0.1, -0.05) is 0 Å². The molecule has 3 N–H and O–H groups in total. The first-order chi connectivity index (χ1) is 8.35. The molecular weight excluding hydrogens is 256 g/mol. The highest BCUT2D eigenvalue weighted by Gasteiger charge is 2.07. The summed E-state index contributed by atoms with van der Waals surface area (Å²) in [6.07, 6.45) is 0. The smallest absolute Gasteiger partial charge is 0.152 e. The van der Waals surface area contributed by atoms with E-state index in [-0.39, 0.29) is 0 Å². The van der Waals surface area contributed by atoms with Crippen molar-refractivity contribution >= 4 is 39.1 Å². The van der Waals surface area contributed by atoms with Crippen LogP contribution in [0.3, 0.4) is 0 Å². The molecule has 2 rings (SSSR count). The Labute approximate surface area is 108 Å². The van der Waals surface area contributed by atoms with Crippen LogP contribution in [0.1, 0.15) is 5.82 Å². The molecule has 0 radical (unpaired) electrons. The summed E-state index contributed by atoms with van der Waals surface area (Å²) in [7, 11) is 1.70. The van der Waals surface area contributed by atoms with Crippen LogP contribution >= 0.6 is 23.1 Å². The predicted molar refractivity (Wildman–Crippen MR) is 73.3 cm³/mol. The van der Waals surface area contributed by atoms with Gasteiger partial charge in [-0.15, -0.1) is 11.3 Å². The third kappa shape index (κ3) is 3.06. The summed E-state index contributed by atoms with van der Waals surface area (Å²) in [5, 5.41) is 2.96. The van der Waals surface area contributed by atoms with E-state index in [1.165, 1.54) is 0 Å². The van der Waals surface area contributed by atoms with Gasteiger partial charge in [0.05, 0.1) is 17.7 Å². The molecule has 0 saturated heterocycles. The van der Waals surface area contributed by atoms with Crippen LogP contribution in [0.2, 0.25) is 0 Å². The maximum absolute atomic E-state index is 5.46. The van der Waals surface area contributed by atoms with Crippen LogP contribution in [-0.2, 0) is 10.5 Å². The summed E-state index contributed by atoms with van der Waals surface area (Å²) in [6, 6.07) is 1.97. The first-order valence-electron chi connectivity index (χ1n) is 5.12. The zero-order valence-corrected chi connectivity index (χ0v) is 11.1. The van der Waals surface area contributed by atoms with Crippen molar-refractivity contribution in [1.29, 1.82) is 0 Å². The Bertz CT molecular complexity index is 488. The number of hydrogen-bond acceptors (Lipinski definition) is 7. The molecular formula is C10H14N4OS2. The summed E-state index contributed by atoms with van der Waals surface area (Å²) in [4.78, 5) is 9.85. The van der Waals surface area contributed by atoms with Crippen molar-refractivity contribution in [3.8, 4) is 0 Å².